The fourth-order valence-electron chi connectivity index (χ4n) is 3.69. The molecular weight excluding hydrogens is 313 g/mol. The van der Waals surface area contributed by atoms with Crippen LogP contribution < -0.4 is 0 Å². The summed E-state index contributed by atoms with van der Waals surface area (Å²) < 4.78 is 19.4. The molecule has 0 radical (unpaired) electrons. The third-order valence-electron chi connectivity index (χ3n) is 4.96. The molecule has 0 unspecified atom stereocenters. The molecule has 2 N–H and O–H groups in total. The Kier molecular flexibility index (Phi) is 3.62. The summed E-state index contributed by atoms with van der Waals surface area (Å²) >= 11 is 0. The minimum Gasteiger partial charge on any atom is -0.388 e. The van der Waals surface area contributed by atoms with Gasteiger partial charge in [0, 0.05) is 18.7 Å². The molecule has 3 heterocycles. The Labute approximate surface area is 138 Å². The van der Waals surface area contributed by atoms with Crippen LogP contribution in [-0.4, -0.2) is 57.5 Å². The molecule has 2 aliphatic heterocycles. The molecule has 3 atom stereocenters. The molecule has 0 aliphatic carbocycles. The van der Waals surface area contributed by atoms with Crippen molar-refractivity contribution in [2.75, 3.05) is 19.7 Å². The van der Waals surface area contributed by atoms with E-state index in [1.807, 2.05) is 6.07 Å². The van der Waals surface area contributed by atoms with Crippen molar-refractivity contribution < 1.29 is 19.0 Å². The number of carbonyl (C=O) groups is 1. The topological polar surface area (TPSA) is 78.5 Å². The standard InChI is InChI=1S/C17H18FN3O3/c18-13-3-1-2-11(6-13)12-7-17(24-9-12)10-21(8-15(17)22)16(23)14-4-5-19-20-14/h1-6,12,15,22H,7-10H2,(H,19,20)/t12-,15+,17+/m0/s1. The van der Waals surface area contributed by atoms with Crippen molar-refractivity contribution in [2.24, 2.45) is 0 Å². The van der Waals surface area contributed by atoms with E-state index in [1.165, 1.54) is 18.3 Å². The van der Waals surface area contributed by atoms with E-state index < -0.39 is 11.7 Å². The molecule has 1 aromatic carbocycles. The van der Waals surface area contributed by atoms with Gasteiger partial charge in [0.2, 0.25) is 0 Å². The van der Waals surface area contributed by atoms with Crippen LogP contribution in [0.2, 0.25) is 0 Å². The average Bonchev–Trinajstić information content (AvgIpc) is 3.30. The fourth-order valence-corrected chi connectivity index (χ4v) is 3.69. The van der Waals surface area contributed by atoms with Gasteiger partial charge in [-0.2, -0.15) is 5.10 Å². The minimum atomic E-state index is -0.785. The molecule has 0 saturated carbocycles. The molecule has 1 aromatic heterocycles. The highest BCUT2D eigenvalue weighted by Gasteiger charge is 2.53. The zero-order valence-corrected chi connectivity index (χ0v) is 13.0. The number of benzene rings is 1. The van der Waals surface area contributed by atoms with Crippen molar-refractivity contribution in [3.05, 3.63) is 53.6 Å². The fraction of sp³-hybridized carbons (Fsp3) is 0.412. The Balaban J connectivity index is 1.51. The predicted octanol–water partition coefficient (Wildman–Crippen LogP) is 1.31. The molecule has 0 bridgehead atoms. The number of amides is 1. The highest BCUT2D eigenvalue weighted by atomic mass is 19.1. The number of aliphatic hydroxyl groups is 1. The summed E-state index contributed by atoms with van der Waals surface area (Å²) in [4.78, 5) is 14.0. The smallest absolute Gasteiger partial charge is 0.272 e. The van der Waals surface area contributed by atoms with Crippen LogP contribution in [0.1, 0.15) is 28.4 Å². The molecule has 2 aromatic rings. The first-order valence-corrected chi connectivity index (χ1v) is 7.93. The van der Waals surface area contributed by atoms with Gasteiger partial charge in [-0.15, -0.1) is 0 Å². The maximum Gasteiger partial charge on any atom is 0.272 e. The molecule has 6 nitrogen and oxygen atoms in total. The summed E-state index contributed by atoms with van der Waals surface area (Å²) in [6, 6.07) is 8.05. The van der Waals surface area contributed by atoms with Gasteiger partial charge < -0.3 is 14.7 Å². The van der Waals surface area contributed by atoms with Gasteiger partial charge in [0.25, 0.3) is 5.91 Å². The number of aromatic amines is 1. The van der Waals surface area contributed by atoms with Crippen LogP contribution in [0.3, 0.4) is 0 Å². The van der Waals surface area contributed by atoms with Crippen LogP contribution in [0.25, 0.3) is 0 Å². The zero-order valence-electron chi connectivity index (χ0n) is 13.0. The van der Waals surface area contributed by atoms with Crippen LogP contribution >= 0.6 is 0 Å². The number of aromatic nitrogens is 2. The van der Waals surface area contributed by atoms with Crippen molar-refractivity contribution in [3.8, 4) is 0 Å². The number of hydrogen-bond donors (Lipinski definition) is 2. The second kappa shape index (κ2) is 5.68. The third kappa shape index (κ3) is 2.50. The maximum atomic E-state index is 13.4. The van der Waals surface area contributed by atoms with Crippen LogP contribution in [-0.2, 0) is 4.74 Å². The number of rotatable bonds is 2. The number of likely N-dealkylation sites (tertiary alicyclic amines) is 1. The summed E-state index contributed by atoms with van der Waals surface area (Å²) in [7, 11) is 0. The van der Waals surface area contributed by atoms with Crippen molar-refractivity contribution in [3.63, 3.8) is 0 Å². The van der Waals surface area contributed by atoms with Gasteiger partial charge in [0.1, 0.15) is 23.2 Å². The normalized spacial score (nSPS) is 29.5. The highest BCUT2D eigenvalue weighted by molar-refractivity contribution is 5.92. The second-order valence-corrected chi connectivity index (χ2v) is 6.50. The van der Waals surface area contributed by atoms with Crippen LogP contribution in [0.4, 0.5) is 4.39 Å². The summed E-state index contributed by atoms with van der Waals surface area (Å²) in [5.74, 6) is -0.477. The van der Waals surface area contributed by atoms with E-state index in [4.69, 9.17) is 4.74 Å². The van der Waals surface area contributed by atoms with E-state index in [0.29, 0.717) is 25.3 Å². The molecule has 7 heteroatoms. The molecule has 1 spiro atoms. The number of nitrogens with one attached hydrogen (secondary N) is 1. The monoisotopic (exact) mass is 331 g/mol. The molecule has 4 rings (SSSR count). The molecule has 2 fully saturated rings. The van der Waals surface area contributed by atoms with E-state index in [2.05, 4.69) is 10.2 Å². The average molecular weight is 331 g/mol. The van der Waals surface area contributed by atoms with E-state index in [9.17, 15) is 14.3 Å². The number of halogens is 1. The lowest BCUT2D eigenvalue weighted by Crippen LogP contribution is -2.41. The number of ether oxygens (including phenoxy) is 1. The largest absolute Gasteiger partial charge is 0.388 e. The summed E-state index contributed by atoms with van der Waals surface area (Å²) in [5.41, 5.74) is 0.462. The number of nitrogens with zero attached hydrogens (tertiary/aromatic N) is 2. The highest BCUT2D eigenvalue weighted by Crippen LogP contribution is 2.42. The molecule has 2 saturated heterocycles. The first-order chi connectivity index (χ1) is 11.6. The number of hydrogen-bond acceptors (Lipinski definition) is 4. The molecule has 1 amide bonds. The molecule has 126 valence electrons. The predicted molar refractivity (Wildman–Crippen MR) is 82.9 cm³/mol. The van der Waals surface area contributed by atoms with Crippen molar-refractivity contribution in [1.82, 2.24) is 15.1 Å². The molecular formula is C17H18FN3O3. The summed E-state index contributed by atoms with van der Waals surface area (Å²) in [6.45, 7) is 0.943. The molecule has 24 heavy (non-hydrogen) atoms. The van der Waals surface area contributed by atoms with E-state index in [0.717, 1.165) is 5.56 Å². The van der Waals surface area contributed by atoms with Crippen molar-refractivity contribution >= 4 is 5.91 Å². The Morgan fingerprint density at radius 1 is 1.46 bits per heavy atom. The summed E-state index contributed by atoms with van der Waals surface area (Å²) in [5, 5.41) is 16.9. The van der Waals surface area contributed by atoms with E-state index in [-0.39, 0.29) is 24.2 Å². The number of carbonyl (C=O) groups excluding carboxylic acids is 1. The van der Waals surface area contributed by atoms with Gasteiger partial charge in [-0.1, -0.05) is 12.1 Å². The van der Waals surface area contributed by atoms with Crippen molar-refractivity contribution in [2.45, 2.75) is 24.0 Å². The van der Waals surface area contributed by atoms with Crippen LogP contribution in [0.15, 0.2) is 36.5 Å². The first kappa shape index (κ1) is 15.3. The van der Waals surface area contributed by atoms with Gasteiger partial charge in [0.05, 0.1) is 13.2 Å². The number of H-pyrrole nitrogens is 1. The lowest BCUT2D eigenvalue weighted by molar-refractivity contribution is -0.0591. The number of aliphatic hydroxyl groups excluding tert-OH is 1. The Bertz CT molecular complexity index is 751. The maximum absolute atomic E-state index is 13.4. The first-order valence-electron chi connectivity index (χ1n) is 7.93. The lowest BCUT2D eigenvalue weighted by Gasteiger charge is -2.25. The van der Waals surface area contributed by atoms with Crippen LogP contribution in [0.5, 0.6) is 0 Å². The number of β-amino-alcohol motifs (C(OH)–C–C–N with tert-alkyl or cyclic N) is 1. The van der Waals surface area contributed by atoms with Gasteiger partial charge in [0.15, 0.2) is 0 Å². The minimum absolute atomic E-state index is 0.0116. The van der Waals surface area contributed by atoms with Crippen molar-refractivity contribution in [1.29, 1.82) is 0 Å². The van der Waals surface area contributed by atoms with E-state index >= 15 is 0 Å². The van der Waals surface area contributed by atoms with Crippen LogP contribution in [0, 0.1) is 5.82 Å². The zero-order chi connectivity index (χ0) is 16.7. The Morgan fingerprint density at radius 2 is 2.33 bits per heavy atom. The Morgan fingerprint density at radius 3 is 3.08 bits per heavy atom. The van der Waals surface area contributed by atoms with Gasteiger partial charge in [-0.3, -0.25) is 9.89 Å². The van der Waals surface area contributed by atoms with E-state index in [1.54, 1.807) is 17.0 Å². The summed E-state index contributed by atoms with van der Waals surface area (Å²) in [6.07, 6.45) is 1.31. The van der Waals surface area contributed by atoms with Gasteiger partial charge >= 0.3 is 0 Å². The second-order valence-electron chi connectivity index (χ2n) is 6.50. The molecule has 2 aliphatic rings. The quantitative estimate of drug-likeness (QED) is 0.870. The SMILES string of the molecule is O=C(c1ccn[nH]1)N1C[C@@H](O)[C@@]2(C[C@H](c3cccc(F)c3)CO2)C1. The van der Waals surface area contributed by atoms with Gasteiger partial charge in [-0.05, 0) is 30.2 Å². The third-order valence-corrected chi connectivity index (χ3v) is 4.96. The lowest BCUT2D eigenvalue weighted by atomic mass is 9.87. The van der Waals surface area contributed by atoms with Gasteiger partial charge in [-0.25, -0.2) is 4.39 Å². The Hall–Kier alpha value is -2.25.